The number of alkyl halides is 2. The zero-order chi connectivity index (χ0) is 29.7. The number of halogens is 2. The molecule has 1 aliphatic carbocycles. The van der Waals surface area contributed by atoms with Gasteiger partial charge in [-0.25, -0.2) is 13.8 Å². The molecule has 1 saturated heterocycles. The maximum Gasteiger partial charge on any atom is 0.303 e. The van der Waals surface area contributed by atoms with Crippen molar-refractivity contribution in [1.29, 1.82) is 0 Å². The number of carbonyl (C=O) groups is 1. The van der Waals surface area contributed by atoms with Gasteiger partial charge in [0, 0.05) is 56.4 Å². The van der Waals surface area contributed by atoms with Crippen molar-refractivity contribution in [3.05, 3.63) is 24.0 Å². The lowest BCUT2D eigenvalue weighted by atomic mass is 9.86. The highest BCUT2D eigenvalue weighted by atomic mass is 32.2. The lowest BCUT2D eigenvalue weighted by Crippen LogP contribution is -2.51. The highest BCUT2D eigenvalue weighted by Crippen LogP contribution is 2.38. The van der Waals surface area contributed by atoms with Crippen LogP contribution in [0, 0.1) is 11.3 Å². The molecule has 0 bridgehead atoms. The van der Waals surface area contributed by atoms with Crippen molar-refractivity contribution in [3.63, 3.8) is 0 Å². The summed E-state index contributed by atoms with van der Waals surface area (Å²) in [5.74, 6) is -1.59. The first-order valence-electron chi connectivity index (χ1n) is 14.3. The molecule has 2 aliphatic rings. The predicted octanol–water partition coefficient (Wildman–Crippen LogP) is 5.47. The molecule has 8 nitrogen and oxygen atoms in total. The Hall–Kier alpha value is -2.27. The van der Waals surface area contributed by atoms with Gasteiger partial charge in [0.25, 0.3) is 0 Å². The molecular formula is C29H45F2N5O3S. The summed E-state index contributed by atoms with van der Waals surface area (Å²) < 4.78 is 59.5. The second-order valence-corrected chi connectivity index (χ2v) is 15.6. The van der Waals surface area contributed by atoms with Crippen molar-refractivity contribution in [2.45, 2.75) is 104 Å². The molecule has 2 fully saturated rings. The molecular weight excluding hydrogens is 536 g/mol. The number of aromatic nitrogens is 2. The fourth-order valence-electron chi connectivity index (χ4n) is 5.55. The average molecular weight is 582 g/mol. The number of rotatable bonds is 6. The third-order valence-corrected chi connectivity index (χ3v) is 10.1. The predicted molar refractivity (Wildman–Crippen MR) is 155 cm³/mol. The number of fused-ring (bicyclic) bond motifs is 1. The maximum atomic E-state index is 13.7. The number of piperidine rings is 1. The molecule has 0 unspecified atom stereocenters. The molecule has 0 spiro atoms. The van der Waals surface area contributed by atoms with Crippen LogP contribution in [0.3, 0.4) is 0 Å². The molecule has 1 N–H and O–H groups in total. The normalized spacial score (nSPS) is 20.1. The van der Waals surface area contributed by atoms with E-state index >= 15 is 0 Å². The van der Waals surface area contributed by atoms with Gasteiger partial charge in [0.15, 0.2) is 0 Å². The van der Waals surface area contributed by atoms with Gasteiger partial charge in [-0.05, 0) is 49.8 Å². The van der Waals surface area contributed by atoms with E-state index in [1.807, 2.05) is 26.8 Å². The summed E-state index contributed by atoms with van der Waals surface area (Å²) in [5, 5.41) is 3.04. The van der Waals surface area contributed by atoms with Gasteiger partial charge in [0.2, 0.25) is 11.8 Å². The third-order valence-electron chi connectivity index (χ3n) is 8.19. The number of hydrogen-bond acceptors (Lipinski definition) is 4. The van der Waals surface area contributed by atoms with Gasteiger partial charge >= 0.3 is 10.2 Å². The second-order valence-electron chi connectivity index (χ2n) is 13.6. The number of nitrogens with zero attached hydrogens (tertiary/aromatic N) is 4. The largest absolute Gasteiger partial charge is 0.353 e. The van der Waals surface area contributed by atoms with Crippen LogP contribution in [0.25, 0.3) is 11.0 Å². The van der Waals surface area contributed by atoms with E-state index in [4.69, 9.17) is 4.98 Å². The molecule has 2 aromatic rings. The van der Waals surface area contributed by atoms with Crippen LogP contribution in [0.1, 0.15) is 85.9 Å². The Bertz CT molecular complexity index is 1330. The van der Waals surface area contributed by atoms with E-state index < -0.39 is 21.5 Å². The van der Waals surface area contributed by atoms with Crippen molar-refractivity contribution in [3.8, 4) is 0 Å². The van der Waals surface area contributed by atoms with Crippen molar-refractivity contribution >= 4 is 32.8 Å². The van der Waals surface area contributed by atoms with Crippen molar-refractivity contribution < 1.29 is 22.0 Å². The first-order chi connectivity index (χ1) is 18.4. The van der Waals surface area contributed by atoms with Gasteiger partial charge in [-0.2, -0.15) is 12.7 Å². The molecule has 1 aliphatic heterocycles. The zero-order valence-corrected chi connectivity index (χ0v) is 25.7. The number of imidazole rings is 1. The monoisotopic (exact) mass is 581 g/mol. The van der Waals surface area contributed by atoms with E-state index in [9.17, 15) is 22.0 Å². The zero-order valence-electron chi connectivity index (χ0n) is 24.9. The Morgan fingerprint density at radius 2 is 1.68 bits per heavy atom. The summed E-state index contributed by atoms with van der Waals surface area (Å²) in [5.41, 5.74) is 1.31. The minimum atomic E-state index is -3.78. The number of anilines is 1. The summed E-state index contributed by atoms with van der Waals surface area (Å²) >= 11 is 0. The van der Waals surface area contributed by atoms with E-state index in [1.54, 1.807) is 19.2 Å². The van der Waals surface area contributed by atoms with Crippen molar-refractivity contribution in [2.75, 3.05) is 24.4 Å². The molecule has 40 heavy (non-hydrogen) atoms. The lowest BCUT2D eigenvalue weighted by molar-refractivity contribution is -0.129. The van der Waals surface area contributed by atoms with Gasteiger partial charge in [0.1, 0.15) is 5.82 Å². The summed E-state index contributed by atoms with van der Waals surface area (Å²) in [4.78, 5) is 17.3. The fraction of sp³-hybridized carbons (Fsp3) is 0.724. The molecule has 4 rings (SSSR count). The van der Waals surface area contributed by atoms with Crippen LogP contribution >= 0.6 is 0 Å². The standard InChI is InChI=1S/C29H45F2N5O3S/c1-27(2,3)25-33-23-18-22(8-9-24(23)36(25)19-20-10-14-29(30,31)15-11-20)34(7)40(38,39)35-16-12-21(13-17-35)32-26(37)28(4,5)6/h8-9,18,20-21H,10-17,19H2,1-7H3,(H,32,37). The molecule has 11 heteroatoms. The number of nitrogens with one attached hydrogen (secondary N) is 1. The Kier molecular flexibility index (Phi) is 8.33. The van der Waals surface area contributed by atoms with E-state index in [2.05, 4.69) is 30.7 Å². The molecule has 1 amide bonds. The molecule has 0 atom stereocenters. The SMILES string of the molecule is CN(c1ccc2c(c1)nc(C(C)(C)C)n2CC1CCC(F)(F)CC1)S(=O)(=O)N1CCC(NC(=O)C(C)(C)C)CC1. The van der Waals surface area contributed by atoms with Gasteiger partial charge in [-0.1, -0.05) is 41.5 Å². The maximum absolute atomic E-state index is 13.7. The Labute approximate surface area is 237 Å². The minimum Gasteiger partial charge on any atom is -0.353 e. The topological polar surface area (TPSA) is 87.5 Å². The van der Waals surface area contributed by atoms with Crippen LogP contribution < -0.4 is 9.62 Å². The molecule has 1 aromatic heterocycles. The van der Waals surface area contributed by atoms with Crippen molar-refractivity contribution in [1.82, 2.24) is 19.2 Å². The lowest BCUT2D eigenvalue weighted by Gasteiger charge is -2.35. The number of carbonyl (C=O) groups excluding carboxylic acids is 1. The first-order valence-corrected chi connectivity index (χ1v) is 15.7. The molecule has 1 saturated carbocycles. The Morgan fingerprint density at radius 3 is 2.23 bits per heavy atom. The number of hydrogen-bond donors (Lipinski definition) is 1. The van der Waals surface area contributed by atoms with Crippen LogP contribution in [0.4, 0.5) is 14.5 Å². The minimum absolute atomic E-state index is 0.0327. The van der Waals surface area contributed by atoms with E-state index in [-0.39, 0.29) is 36.1 Å². The van der Waals surface area contributed by atoms with Crippen molar-refractivity contribution in [2.24, 2.45) is 11.3 Å². The van der Waals surface area contributed by atoms with Crippen LogP contribution in [0.5, 0.6) is 0 Å². The first kappa shape index (κ1) is 30.7. The van der Waals surface area contributed by atoms with Crippen LogP contribution in [0.2, 0.25) is 0 Å². The average Bonchev–Trinajstić information content (AvgIpc) is 3.22. The van der Waals surface area contributed by atoms with Crippen LogP contribution in [0.15, 0.2) is 18.2 Å². The van der Waals surface area contributed by atoms with Gasteiger partial charge in [0.05, 0.1) is 16.7 Å². The van der Waals surface area contributed by atoms with Gasteiger partial charge in [-0.3, -0.25) is 9.10 Å². The number of benzene rings is 1. The highest BCUT2D eigenvalue weighted by Gasteiger charge is 2.36. The summed E-state index contributed by atoms with van der Waals surface area (Å²) in [6.07, 6.45) is 1.91. The van der Waals surface area contributed by atoms with E-state index in [0.29, 0.717) is 56.5 Å². The summed E-state index contributed by atoms with van der Waals surface area (Å²) in [7, 11) is -2.23. The quantitative estimate of drug-likeness (QED) is 0.490. The molecule has 1 aromatic carbocycles. The van der Waals surface area contributed by atoms with Gasteiger partial charge in [-0.15, -0.1) is 0 Å². The van der Waals surface area contributed by atoms with E-state index in [1.165, 1.54) is 8.61 Å². The Morgan fingerprint density at radius 1 is 1.07 bits per heavy atom. The molecule has 0 radical (unpaired) electrons. The van der Waals surface area contributed by atoms with Crippen LogP contribution in [-0.4, -0.2) is 60.3 Å². The second kappa shape index (κ2) is 10.9. The molecule has 224 valence electrons. The van der Waals surface area contributed by atoms with Crippen LogP contribution in [-0.2, 0) is 27.0 Å². The summed E-state index contributed by atoms with van der Waals surface area (Å²) in [6, 6.07) is 5.43. The summed E-state index contributed by atoms with van der Waals surface area (Å²) in [6.45, 7) is 13.1. The molecule has 2 heterocycles. The highest BCUT2D eigenvalue weighted by molar-refractivity contribution is 7.90. The van der Waals surface area contributed by atoms with Gasteiger partial charge < -0.3 is 9.88 Å². The smallest absolute Gasteiger partial charge is 0.303 e. The third kappa shape index (κ3) is 6.61. The number of amides is 1. The Balaban J connectivity index is 1.52. The fourth-order valence-corrected chi connectivity index (χ4v) is 6.95. The van der Waals surface area contributed by atoms with E-state index in [0.717, 1.165) is 11.3 Å².